The van der Waals surface area contributed by atoms with Crippen LogP contribution in [0.3, 0.4) is 0 Å². The number of nitro benzene ring substituents is 1. The first-order valence-electron chi connectivity index (χ1n) is 9.01. The van der Waals surface area contributed by atoms with Crippen LogP contribution in [0.2, 0.25) is 0 Å². The molecule has 2 aromatic carbocycles. The highest BCUT2D eigenvalue weighted by molar-refractivity contribution is 9.10. The van der Waals surface area contributed by atoms with Crippen molar-refractivity contribution in [3.8, 4) is 0 Å². The van der Waals surface area contributed by atoms with Gasteiger partial charge in [-0.1, -0.05) is 45.5 Å². The number of nitro groups is 1. The van der Waals surface area contributed by atoms with Gasteiger partial charge < -0.3 is 5.32 Å². The van der Waals surface area contributed by atoms with Crippen LogP contribution in [0.25, 0.3) is 6.08 Å². The molecule has 0 radical (unpaired) electrons. The lowest BCUT2D eigenvalue weighted by Crippen LogP contribution is -2.25. The smallest absolute Gasteiger partial charge is 0.276 e. The van der Waals surface area contributed by atoms with Crippen molar-refractivity contribution in [3.05, 3.63) is 85.3 Å². The zero-order valence-corrected chi connectivity index (χ0v) is 18.4. The molecule has 2 N–H and O–H groups in total. The van der Waals surface area contributed by atoms with Crippen LogP contribution in [-0.2, 0) is 11.2 Å². The molecular weight excluding hydrogens is 486 g/mol. The third kappa shape index (κ3) is 6.52. The number of hydrogen-bond acceptors (Lipinski definition) is 7. The van der Waals surface area contributed by atoms with Crippen molar-refractivity contribution in [1.82, 2.24) is 15.5 Å². The van der Waals surface area contributed by atoms with Gasteiger partial charge in [-0.05, 0) is 30.3 Å². The maximum atomic E-state index is 12.1. The lowest BCUT2D eigenvalue weighted by Gasteiger charge is -2.04. The average molecular weight is 502 g/mol. The van der Waals surface area contributed by atoms with Crippen LogP contribution in [0.5, 0.6) is 0 Å². The molecule has 3 rings (SSSR count). The summed E-state index contributed by atoms with van der Waals surface area (Å²) in [6.45, 7) is 0.367. The van der Waals surface area contributed by atoms with E-state index in [0.717, 1.165) is 4.47 Å². The second kappa shape index (κ2) is 10.5. The predicted molar refractivity (Wildman–Crippen MR) is 121 cm³/mol. The fraction of sp³-hybridized carbons (Fsp3) is 0.100. The normalized spacial score (nSPS) is 10.7. The van der Waals surface area contributed by atoms with Crippen molar-refractivity contribution < 1.29 is 14.5 Å². The molecule has 1 aromatic heterocycles. The fourth-order valence-corrected chi connectivity index (χ4v) is 3.67. The highest BCUT2D eigenvalue weighted by Gasteiger charge is 2.11. The molecule has 0 fully saturated rings. The van der Waals surface area contributed by atoms with Gasteiger partial charge in [0.15, 0.2) is 0 Å². The highest BCUT2D eigenvalue weighted by Crippen LogP contribution is 2.19. The number of halogens is 1. The Morgan fingerprint density at radius 1 is 1.16 bits per heavy atom. The van der Waals surface area contributed by atoms with Gasteiger partial charge in [0.25, 0.3) is 11.6 Å². The van der Waals surface area contributed by atoms with Crippen LogP contribution in [-0.4, -0.2) is 33.5 Å². The lowest BCUT2D eigenvalue weighted by atomic mass is 10.1. The first-order valence-corrected chi connectivity index (χ1v) is 10.6. The van der Waals surface area contributed by atoms with E-state index in [-0.39, 0.29) is 11.6 Å². The molecule has 0 bridgehead atoms. The molecule has 3 aromatic rings. The summed E-state index contributed by atoms with van der Waals surface area (Å²) in [5.41, 5.74) is 0.779. The molecule has 0 unspecified atom stereocenters. The first kappa shape index (κ1) is 22.2. The number of aromatic nitrogens is 2. The molecular formula is C20H16BrN5O4S. The monoisotopic (exact) mass is 501 g/mol. The Labute approximate surface area is 189 Å². The molecule has 0 saturated carbocycles. The molecule has 2 amide bonds. The molecule has 9 nitrogen and oxygen atoms in total. The second-order valence-electron chi connectivity index (χ2n) is 6.16. The van der Waals surface area contributed by atoms with Gasteiger partial charge in [0, 0.05) is 35.1 Å². The Kier molecular flexibility index (Phi) is 7.57. The molecule has 0 aliphatic rings. The minimum absolute atomic E-state index is 0.0883. The number of nitrogens with zero attached hydrogens (tertiary/aromatic N) is 3. The van der Waals surface area contributed by atoms with Gasteiger partial charge in [-0.3, -0.25) is 25.0 Å². The van der Waals surface area contributed by atoms with Crippen LogP contribution in [0.1, 0.15) is 20.9 Å². The molecule has 0 aliphatic heterocycles. The van der Waals surface area contributed by atoms with Crippen LogP contribution >= 0.6 is 27.3 Å². The Morgan fingerprint density at radius 2 is 1.97 bits per heavy atom. The number of rotatable bonds is 8. The van der Waals surface area contributed by atoms with Crippen molar-refractivity contribution in [2.45, 2.75) is 6.42 Å². The van der Waals surface area contributed by atoms with Crippen LogP contribution in [0.15, 0.2) is 59.1 Å². The maximum Gasteiger partial charge on any atom is 0.276 e. The number of amides is 2. The van der Waals surface area contributed by atoms with Gasteiger partial charge in [0.05, 0.1) is 10.5 Å². The third-order valence-electron chi connectivity index (χ3n) is 3.96. The molecule has 0 atom stereocenters. The fourth-order valence-electron chi connectivity index (χ4n) is 2.53. The van der Waals surface area contributed by atoms with Crippen molar-refractivity contribution >= 4 is 56.0 Å². The van der Waals surface area contributed by atoms with Gasteiger partial charge in [-0.2, -0.15) is 0 Å². The third-order valence-corrected chi connectivity index (χ3v) is 5.35. The van der Waals surface area contributed by atoms with E-state index >= 15 is 0 Å². The van der Waals surface area contributed by atoms with Gasteiger partial charge in [0.2, 0.25) is 11.0 Å². The van der Waals surface area contributed by atoms with Crippen LogP contribution < -0.4 is 10.6 Å². The molecule has 0 saturated heterocycles. The van der Waals surface area contributed by atoms with Gasteiger partial charge >= 0.3 is 0 Å². The number of carbonyl (C=O) groups is 2. The van der Waals surface area contributed by atoms with E-state index in [1.54, 1.807) is 36.4 Å². The zero-order valence-electron chi connectivity index (χ0n) is 15.9. The van der Waals surface area contributed by atoms with E-state index < -0.39 is 10.8 Å². The first-order chi connectivity index (χ1) is 14.9. The summed E-state index contributed by atoms with van der Waals surface area (Å²) in [6, 6.07) is 13.2. The number of para-hydroxylation sites is 1. The number of carbonyl (C=O) groups excluding carboxylic acids is 2. The summed E-state index contributed by atoms with van der Waals surface area (Å²) in [5.74, 6) is -0.678. The molecule has 31 heavy (non-hydrogen) atoms. The van der Waals surface area contributed by atoms with E-state index in [2.05, 4.69) is 36.8 Å². The molecule has 1 heterocycles. The zero-order chi connectivity index (χ0) is 22.2. The second-order valence-corrected chi connectivity index (χ2v) is 8.13. The quantitative estimate of drug-likeness (QED) is 0.274. The minimum Gasteiger partial charge on any atom is -0.352 e. The highest BCUT2D eigenvalue weighted by atomic mass is 79.9. The summed E-state index contributed by atoms with van der Waals surface area (Å²) in [5, 5.41) is 25.2. The topological polar surface area (TPSA) is 127 Å². The van der Waals surface area contributed by atoms with Crippen LogP contribution in [0, 0.1) is 10.1 Å². The summed E-state index contributed by atoms with van der Waals surface area (Å²) in [6.07, 6.45) is 3.02. The summed E-state index contributed by atoms with van der Waals surface area (Å²) < 4.78 is 0.820. The average Bonchev–Trinajstić information content (AvgIpc) is 3.19. The molecule has 158 valence electrons. The van der Waals surface area contributed by atoms with Gasteiger partial charge in [0.1, 0.15) is 5.01 Å². The number of benzene rings is 2. The van der Waals surface area contributed by atoms with E-state index in [1.807, 2.05) is 6.07 Å². The minimum atomic E-state index is -0.510. The van der Waals surface area contributed by atoms with Crippen molar-refractivity contribution in [2.75, 3.05) is 11.9 Å². The largest absolute Gasteiger partial charge is 0.352 e. The van der Waals surface area contributed by atoms with Gasteiger partial charge in [-0.15, -0.1) is 10.2 Å². The summed E-state index contributed by atoms with van der Waals surface area (Å²) in [7, 11) is 0. The van der Waals surface area contributed by atoms with E-state index in [9.17, 15) is 19.7 Å². The standard InChI is InChI=1S/C20H16BrN5O4S/c21-15-6-3-5-14(12-15)19(28)22-11-10-18-24-25-20(31-18)23-17(27)9-8-13-4-1-2-7-16(13)26(29)30/h1-9,12H,10-11H2,(H,22,28)(H,23,25,27)/b9-8+. The Bertz CT molecular complexity index is 1150. The number of hydrogen-bond donors (Lipinski definition) is 2. The predicted octanol–water partition coefficient (Wildman–Crippen LogP) is 3.83. The van der Waals surface area contributed by atoms with E-state index in [1.165, 1.54) is 29.6 Å². The lowest BCUT2D eigenvalue weighted by molar-refractivity contribution is -0.385. The van der Waals surface area contributed by atoms with E-state index in [4.69, 9.17) is 0 Å². The van der Waals surface area contributed by atoms with Crippen LogP contribution in [0.4, 0.5) is 10.8 Å². The van der Waals surface area contributed by atoms with Crippen molar-refractivity contribution in [3.63, 3.8) is 0 Å². The maximum absolute atomic E-state index is 12.1. The number of anilines is 1. The van der Waals surface area contributed by atoms with Crippen molar-refractivity contribution in [1.29, 1.82) is 0 Å². The summed E-state index contributed by atoms with van der Waals surface area (Å²) >= 11 is 4.51. The summed E-state index contributed by atoms with van der Waals surface area (Å²) in [4.78, 5) is 34.7. The Morgan fingerprint density at radius 3 is 2.74 bits per heavy atom. The van der Waals surface area contributed by atoms with Crippen molar-refractivity contribution in [2.24, 2.45) is 0 Å². The molecule has 0 spiro atoms. The van der Waals surface area contributed by atoms with Gasteiger partial charge in [-0.25, -0.2) is 0 Å². The van der Waals surface area contributed by atoms with E-state index in [0.29, 0.717) is 34.2 Å². The Hall–Kier alpha value is -3.44. The Balaban J connectivity index is 1.50. The molecule has 0 aliphatic carbocycles. The molecule has 11 heteroatoms. The number of nitrogens with one attached hydrogen (secondary N) is 2. The SMILES string of the molecule is O=C(/C=C/c1ccccc1[N+](=O)[O-])Nc1nnc(CCNC(=O)c2cccc(Br)c2)s1.